The molecule has 0 amide bonds. The van der Waals surface area contributed by atoms with Crippen molar-refractivity contribution in [3.63, 3.8) is 0 Å². The van der Waals surface area contributed by atoms with Gasteiger partial charge in [0, 0.05) is 17.8 Å². The molecule has 0 radical (unpaired) electrons. The number of hydrogen-bond acceptors (Lipinski definition) is 4. The van der Waals surface area contributed by atoms with E-state index >= 15 is 0 Å². The molecule has 0 atom stereocenters. The molecule has 0 saturated carbocycles. The number of esters is 1. The number of aryl methyl sites for hydroxylation is 1. The van der Waals surface area contributed by atoms with Crippen molar-refractivity contribution in [1.82, 2.24) is 9.97 Å². The molecule has 5 heteroatoms. The third-order valence-electron chi connectivity index (χ3n) is 3.46. The monoisotopic (exact) mass is 370 g/mol. The van der Waals surface area contributed by atoms with E-state index in [2.05, 4.69) is 25.9 Å². The van der Waals surface area contributed by atoms with Crippen LogP contribution in [0.3, 0.4) is 0 Å². The minimum Gasteiger partial charge on any atom is -0.461 e. The van der Waals surface area contributed by atoms with Crippen molar-refractivity contribution < 1.29 is 9.53 Å². The van der Waals surface area contributed by atoms with Crippen LogP contribution in [-0.2, 0) is 11.2 Å². The van der Waals surface area contributed by atoms with Gasteiger partial charge in [-0.2, -0.15) is 0 Å². The number of rotatable bonds is 5. The summed E-state index contributed by atoms with van der Waals surface area (Å²) in [4.78, 5) is 20.6. The standard InChI is InChI=1S/C18H15BrN2O2/c19-15-12-14-5-1-2-6-16(14)21-17(15)18(22)23-11-3-4-13-7-9-20-10-8-13/h1-2,5-10,12H,3-4,11H2. The average molecular weight is 371 g/mol. The summed E-state index contributed by atoms with van der Waals surface area (Å²) in [6, 6.07) is 13.5. The molecule has 0 fully saturated rings. The van der Waals surface area contributed by atoms with Crippen molar-refractivity contribution >= 4 is 32.8 Å². The van der Waals surface area contributed by atoms with Crippen LogP contribution in [0.5, 0.6) is 0 Å². The maximum atomic E-state index is 12.2. The molecule has 4 nitrogen and oxygen atoms in total. The highest BCUT2D eigenvalue weighted by Crippen LogP contribution is 2.22. The molecule has 2 heterocycles. The Morgan fingerprint density at radius 1 is 1.13 bits per heavy atom. The van der Waals surface area contributed by atoms with E-state index in [9.17, 15) is 4.79 Å². The molecule has 0 spiro atoms. The van der Waals surface area contributed by atoms with Crippen molar-refractivity contribution in [2.24, 2.45) is 0 Å². The summed E-state index contributed by atoms with van der Waals surface area (Å²) >= 11 is 3.39. The summed E-state index contributed by atoms with van der Waals surface area (Å²) in [5.41, 5.74) is 2.27. The van der Waals surface area contributed by atoms with Crippen LogP contribution in [0.1, 0.15) is 22.5 Å². The fraction of sp³-hybridized carbons (Fsp3) is 0.167. The van der Waals surface area contributed by atoms with Crippen molar-refractivity contribution in [3.8, 4) is 0 Å². The second-order valence-corrected chi connectivity index (χ2v) is 5.96. The van der Waals surface area contributed by atoms with Gasteiger partial charge in [-0.05, 0) is 58.6 Å². The quantitative estimate of drug-likeness (QED) is 0.499. The molecule has 2 aromatic heterocycles. The Hall–Kier alpha value is -2.27. The molecule has 0 saturated heterocycles. The molecule has 0 N–H and O–H groups in total. The normalized spacial score (nSPS) is 10.7. The average Bonchev–Trinajstić information content (AvgIpc) is 2.59. The molecule has 3 rings (SSSR count). The first-order chi connectivity index (χ1) is 11.2. The van der Waals surface area contributed by atoms with Crippen molar-refractivity contribution in [1.29, 1.82) is 0 Å². The van der Waals surface area contributed by atoms with Crippen molar-refractivity contribution in [2.75, 3.05) is 6.61 Å². The second-order valence-electron chi connectivity index (χ2n) is 5.11. The van der Waals surface area contributed by atoms with Crippen molar-refractivity contribution in [2.45, 2.75) is 12.8 Å². The van der Waals surface area contributed by atoms with E-state index in [1.54, 1.807) is 12.4 Å². The summed E-state index contributed by atoms with van der Waals surface area (Å²) in [5.74, 6) is -0.405. The van der Waals surface area contributed by atoms with Gasteiger partial charge < -0.3 is 4.74 Å². The highest BCUT2D eigenvalue weighted by Gasteiger charge is 2.14. The van der Waals surface area contributed by atoms with Crippen LogP contribution < -0.4 is 0 Å². The Morgan fingerprint density at radius 2 is 1.91 bits per heavy atom. The third-order valence-corrected chi connectivity index (χ3v) is 4.07. The molecular weight excluding hydrogens is 356 g/mol. The number of para-hydroxylation sites is 1. The fourth-order valence-electron chi connectivity index (χ4n) is 2.29. The largest absolute Gasteiger partial charge is 0.461 e. The molecule has 23 heavy (non-hydrogen) atoms. The number of carbonyl (C=O) groups is 1. The number of pyridine rings is 2. The van der Waals surface area contributed by atoms with Crippen LogP contribution in [0.15, 0.2) is 59.3 Å². The lowest BCUT2D eigenvalue weighted by atomic mass is 10.1. The van der Waals surface area contributed by atoms with Gasteiger partial charge in [0.1, 0.15) is 0 Å². The predicted molar refractivity (Wildman–Crippen MR) is 92.3 cm³/mol. The summed E-state index contributed by atoms with van der Waals surface area (Å²) < 4.78 is 5.98. The van der Waals surface area contributed by atoms with Gasteiger partial charge in [0.15, 0.2) is 5.69 Å². The van der Waals surface area contributed by atoms with E-state index in [-0.39, 0.29) is 0 Å². The molecule has 3 aromatic rings. The van der Waals surface area contributed by atoms with E-state index < -0.39 is 5.97 Å². The van der Waals surface area contributed by atoms with Crippen molar-refractivity contribution in [3.05, 3.63) is 70.6 Å². The zero-order valence-electron chi connectivity index (χ0n) is 12.4. The maximum Gasteiger partial charge on any atom is 0.358 e. The third kappa shape index (κ3) is 3.93. The van der Waals surface area contributed by atoms with Crippen LogP contribution in [0.25, 0.3) is 10.9 Å². The number of ether oxygens (including phenoxy) is 1. The number of fused-ring (bicyclic) bond motifs is 1. The van der Waals surface area contributed by atoms with Crippen LogP contribution in [0.4, 0.5) is 0 Å². The van der Waals surface area contributed by atoms with Gasteiger partial charge >= 0.3 is 5.97 Å². The second kappa shape index (κ2) is 7.33. The van der Waals surface area contributed by atoms with Crippen LogP contribution in [-0.4, -0.2) is 22.5 Å². The Morgan fingerprint density at radius 3 is 2.74 bits per heavy atom. The lowest BCUT2D eigenvalue weighted by Gasteiger charge is -2.07. The molecular formula is C18H15BrN2O2. The molecule has 0 aliphatic carbocycles. The van der Waals surface area contributed by atoms with E-state index in [1.165, 1.54) is 5.56 Å². The highest BCUT2D eigenvalue weighted by atomic mass is 79.9. The summed E-state index contributed by atoms with van der Waals surface area (Å²) in [6.07, 6.45) is 5.14. The first-order valence-electron chi connectivity index (χ1n) is 7.35. The SMILES string of the molecule is O=C(OCCCc1ccncc1)c1nc2ccccc2cc1Br. The molecule has 0 aliphatic rings. The van der Waals surface area contributed by atoms with Crippen LogP contribution in [0.2, 0.25) is 0 Å². The molecule has 116 valence electrons. The van der Waals surface area contributed by atoms with Gasteiger partial charge in [-0.1, -0.05) is 18.2 Å². The zero-order valence-corrected chi connectivity index (χ0v) is 14.0. The smallest absolute Gasteiger partial charge is 0.358 e. The maximum absolute atomic E-state index is 12.2. The minimum absolute atomic E-state index is 0.313. The van der Waals surface area contributed by atoms with E-state index in [4.69, 9.17) is 4.74 Å². The summed E-state index contributed by atoms with van der Waals surface area (Å²) in [7, 11) is 0. The number of halogens is 1. The lowest BCUT2D eigenvalue weighted by Crippen LogP contribution is -2.10. The first-order valence-corrected chi connectivity index (χ1v) is 8.14. The number of carbonyl (C=O) groups excluding carboxylic acids is 1. The highest BCUT2D eigenvalue weighted by molar-refractivity contribution is 9.10. The minimum atomic E-state index is -0.405. The van der Waals surface area contributed by atoms with Crippen LogP contribution in [0, 0.1) is 0 Å². The Bertz CT molecular complexity index is 822. The van der Waals surface area contributed by atoms with Gasteiger partial charge in [0.05, 0.1) is 16.6 Å². The number of hydrogen-bond donors (Lipinski definition) is 0. The van der Waals surface area contributed by atoms with Gasteiger partial charge in [0.2, 0.25) is 0 Å². The molecule has 0 unspecified atom stereocenters. The van der Waals surface area contributed by atoms with Gasteiger partial charge in [-0.15, -0.1) is 0 Å². The summed E-state index contributed by atoms with van der Waals surface area (Å²) in [5, 5.41) is 0.980. The Balaban J connectivity index is 1.61. The van der Waals surface area contributed by atoms with Gasteiger partial charge in [0.25, 0.3) is 0 Å². The topological polar surface area (TPSA) is 52.1 Å². The zero-order chi connectivity index (χ0) is 16.1. The lowest BCUT2D eigenvalue weighted by molar-refractivity contribution is 0.0493. The van der Waals surface area contributed by atoms with Gasteiger partial charge in [-0.25, -0.2) is 9.78 Å². The number of aromatic nitrogens is 2. The van der Waals surface area contributed by atoms with Gasteiger partial charge in [-0.3, -0.25) is 4.98 Å². The Labute approximate surface area is 142 Å². The fourth-order valence-corrected chi connectivity index (χ4v) is 2.79. The van der Waals surface area contributed by atoms with E-state index in [0.29, 0.717) is 16.8 Å². The number of nitrogens with zero attached hydrogens (tertiary/aromatic N) is 2. The molecule has 0 aliphatic heterocycles. The molecule has 1 aromatic carbocycles. The number of benzene rings is 1. The summed E-state index contributed by atoms with van der Waals surface area (Å²) in [6.45, 7) is 0.363. The van der Waals surface area contributed by atoms with E-state index in [0.717, 1.165) is 23.7 Å². The Kier molecular flexibility index (Phi) is 4.98. The van der Waals surface area contributed by atoms with Crippen LogP contribution >= 0.6 is 15.9 Å². The predicted octanol–water partition coefficient (Wildman–Crippen LogP) is 4.18. The first kappa shape index (κ1) is 15.6. The molecule has 0 bridgehead atoms. The van der Waals surface area contributed by atoms with E-state index in [1.807, 2.05) is 42.5 Å².